The van der Waals surface area contributed by atoms with E-state index in [1.165, 1.54) is 0 Å². The minimum absolute atomic E-state index is 0.0268. The van der Waals surface area contributed by atoms with Crippen LogP contribution in [-0.2, 0) is 4.79 Å². The molecule has 3 aromatic rings. The summed E-state index contributed by atoms with van der Waals surface area (Å²) in [6, 6.07) is 15.5. The summed E-state index contributed by atoms with van der Waals surface area (Å²) in [5.41, 5.74) is 6.12. The molecule has 2 N–H and O–H groups in total. The zero-order chi connectivity index (χ0) is 20.1. The SMILES string of the molecule is C=C(c1ccc(OC)c(OCCC(=O)NO)c1)c1cc(C)nc2ccccc12. The third-order valence-electron chi connectivity index (χ3n) is 4.39. The molecule has 144 valence electrons. The Hall–Kier alpha value is -3.38. The molecular weight excluding hydrogens is 356 g/mol. The quantitative estimate of drug-likeness (QED) is 0.482. The highest BCUT2D eigenvalue weighted by atomic mass is 16.5. The number of amides is 1. The van der Waals surface area contributed by atoms with Gasteiger partial charge in [0.25, 0.3) is 0 Å². The molecule has 0 radical (unpaired) electrons. The van der Waals surface area contributed by atoms with Gasteiger partial charge in [0.2, 0.25) is 5.91 Å². The number of methoxy groups -OCH3 is 1. The largest absolute Gasteiger partial charge is 0.493 e. The molecule has 0 spiro atoms. The normalized spacial score (nSPS) is 10.5. The van der Waals surface area contributed by atoms with E-state index >= 15 is 0 Å². The van der Waals surface area contributed by atoms with Crippen molar-refractivity contribution in [2.75, 3.05) is 13.7 Å². The minimum atomic E-state index is -0.515. The number of ether oxygens (including phenoxy) is 2. The average molecular weight is 378 g/mol. The van der Waals surface area contributed by atoms with Crippen LogP contribution in [0.15, 0.2) is 55.1 Å². The molecule has 1 amide bonds. The zero-order valence-electron chi connectivity index (χ0n) is 15.9. The zero-order valence-corrected chi connectivity index (χ0v) is 15.9. The predicted molar refractivity (Wildman–Crippen MR) is 108 cm³/mol. The van der Waals surface area contributed by atoms with Gasteiger partial charge in [0.15, 0.2) is 11.5 Å². The van der Waals surface area contributed by atoms with E-state index in [4.69, 9.17) is 14.7 Å². The number of carbonyl (C=O) groups is 1. The molecule has 0 fully saturated rings. The Morgan fingerprint density at radius 1 is 1.18 bits per heavy atom. The van der Waals surface area contributed by atoms with Gasteiger partial charge in [0, 0.05) is 11.1 Å². The van der Waals surface area contributed by atoms with Crippen molar-refractivity contribution in [1.29, 1.82) is 0 Å². The maximum Gasteiger partial charge on any atom is 0.246 e. The van der Waals surface area contributed by atoms with Crippen molar-refractivity contribution in [2.45, 2.75) is 13.3 Å². The molecule has 0 aliphatic carbocycles. The van der Waals surface area contributed by atoms with Crippen LogP contribution in [0, 0.1) is 6.92 Å². The van der Waals surface area contributed by atoms with E-state index in [1.54, 1.807) is 18.7 Å². The first-order valence-electron chi connectivity index (χ1n) is 8.83. The van der Waals surface area contributed by atoms with Gasteiger partial charge in [-0.3, -0.25) is 15.0 Å². The Bertz CT molecular complexity index is 1030. The van der Waals surface area contributed by atoms with E-state index in [-0.39, 0.29) is 13.0 Å². The van der Waals surface area contributed by atoms with Crippen LogP contribution >= 0.6 is 0 Å². The van der Waals surface area contributed by atoms with Gasteiger partial charge in [-0.25, -0.2) is 5.48 Å². The van der Waals surface area contributed by atoms with Crippen molar-refractivity contribution in [1.82, 2.24) is 10.5 Å². The molecule has 6 heteroatoms. The topological polar surface area (TPSA) is 80.7 Å². The van der Waals surface area contributed by atoms with Gasteiger partial charge in [0.1, 0.15) is 0 Å². The van der Waals surface area contributed by atoms with Crippen LogP contribution < -0.4 is 15.0 Å². The molecule has 6 nitrogen and oxygen atoms in total. The van der Waals surface area contributed by atoms with Crippen molar-refractivity contribution in [3.05, 3.63) is 71.9 Å². The Balaban J connectivity index is 1.94. The summed E-state index contributed by atoms with van der Waals surface area (Å²) in [4.78, 5) is 15.8. The molecule has 0 atom stereocenters. The summed E-state index contributed by atoms with van der Waals surface area (Å²) in [6.45, 7) is 6.35. The highest BCUT2D eigenvalue weighted by Crippen LogP contribution is 2.34. The molecule has 0 saturated carbocycles. The molecule has 2 aromatic carbocycles. The van der Waals surface area contributed by atoms with E-state index in [2.05, 4.69) is 11.6 Å². The summed E-state index contributed by atoms with van der Waals surface area (Å²) in [6.07, 6.45) is 0.0268. The summed E-state index contributed by atoms with van der Waals surface area (Å²) >= 11 is 0. The number of carbonyl (C=O) groups excluding carboxylic acids is 1. The summed E-state index contributed by atoms with van der Waals surface area (Å²) in [7, 11) is 1.55. The predicted octanol–water partition coefficient (Wildman–Crippen LogP) is 3.89. The highest BCUT2D eigenvalue weighted by Gasteiger charge is 2.13. The smallest absolute Gasteiger partial charge is 0.246 e. The van der Waals surface area contributed by atoms with Gasteiger partial charge in [-0.2, -0.15) is 0 Å². The lowest BCUT2D eigenvalue weighted by Crippen LogP contribution is -2.20. The van der Waals surface area contributed by atoms with Crippen LogP contribution in [-0.4, -0.2) is 29.8 Å². The molecule has 1 aromatic heterocycles. The highest BCUT2D eigenvalue weighted by molar-refractivity contribution is 5.95. The third kappa shape index (κ3) is 4.13. The number of aryl methyl sites for hydroxylation is 1. The fourth-order valence-electron chi connectivity index (χ4n) is 3.00. The molecule has 0 aliphatic rings. The second-order valence-corrected chi connectivity index (χ2v) is 6.31. The van der Waals surface area contributed by atoms with Crippen molar-refractivity contribution in [2.24, 2.45) is 0 Å². The number of pyridine rings is 1. The standard InChI is InChI=1S/C22H22N2O4/c1-14-12-18(17-6-4-5-7-19(17)23-14)15(2)16-8-9-20(27-3)21(13-16)28-11-10-22(25)24-26/h4-9,12-13,26H,2,10-11H2,1,3H3,(H,24,25). The van der Waals surface area contributed by atoms with Crippen LogP contribution in [0.4, 0.5) is 0 Å². The molecule has 0 bridgehead atoms. The lowest BCUT2D eigenvalue weighted by molar-refractivity contribution is -0.129. The Kier molecular flexibility index (Phi) is 5.91. The third-order valence-corrected chi connectivity index (χ3v) is 4.39. The van der Waals surface area contributed by atoms with E-state index < -0.39 is 5.91 Å². The first-order valence-corrected chi connectivity index (χ1v) is 8.83. The van der Waals surface area contributed by atoms with E-state index in [9.17, 15) is 4.79 Å². The Labute approximate surface area is 163 Å². The number of nitrogens with one attached hydrogen (secondary N) is 1. The van der Waals surface area contributed by atoms with Crippen LogP contribution in [0.25, 0.3) is 16.5 Å². The first kappa shape index (κ1) is 19.4. The van der Waals surface area contributed by atoms with E-state index in [1.807, 2.05) is 49.4 Å². The number of benzene rings is 2. The van der Waals surface area contributed by atoms with Crippen molar-refractivity contribution < 1.29 is 19.5 Å². The minimum Gasteiger partial charge on any atom is -0.493 e. The van der Waals surface area contributed by atoms with E-state index in [0.717, 1.165) is 33.3 Å². The van der Waals surface area contributed by atoms with Gasteiger partial charge in [0.05, 0.1) is 25.7 Å². The van der Waals surface area contributed by atoms with Crippen LogP contribution in [0.2, 0.25) is 0 Å². The van der Waals surface area contributed by atoms with Gasteiger partial charge in [-0.1, -0.05) is 30.8 Å². The lowest BCUT2D eigenvalue weighted by Gasteiger charge is -2.15. The van der Waals surface area contributed by atoms with Crippen molar-refractivity contribution >= 4 is 22.4 Å². The monoisotopic (exact) mass is 378 g/mol. The van der Waals surface area contributed by atoms with Crippen molar-refractivity contribution in [3.63, 3.8) is 0 Å². The number of hydrogen-bond acceptors (Lipinski definition) is 5. The number of para-hydroxylation sites is 1. The lowest BCUT2D eigenvalue weighted by atomic mass is 9.95. The maximum absolute atomic E-state index is 11.2. The Morgan fingerprint density at radius 2 is 1.96 bits per heavy atom. The number of hydrogen-bond donors (Lipinski definition) is 2. The molecule has 28 heavy (non-hydrogen) atoms. The average Bonchev–Trinajstić information content (AvgIpc) is 2.72. The van der Waals surface area contributed by atoms with E-state index in [0.29, 0.717) is 11.5 Å². The van der Waals surface area contributed by atoms with Gasteiger partial charge in [-0.05, 0) is 47.9 Å². The molecule has 0 aliphatic heterocycles. The number of nitrogens with zero attached hydrogens (tertiary/aromatic N) is 1. The number of aromatic nitrogens is 1. The molecular formula is C22H22N2O4. The number of fused-ring (bicyclic) bond motifs is 1. The van der Waals surface area contributed by atoms with Crippen molar-refractivity contribution in [3.8, 4) is 11.5 Å². The van der Waals surface area contributed by atoms with Crippen LogP contribution in [0.3, 0.4) is 0 Å². The summed E-state index contributed by atoms with van der Waals surface area (Å²) in [5, 5.41) is 9.61. The fourth-order valence-corrected chi connectivity index (χ4v) is 3.00. The second kappa shape index (κ2) is 8.54. The first-order chi connectivity index (χ1) is 13.5. The fraction of sp³-hybridized carbons (Fsp3) is 0.182. The van der Waals surface area contributed by atoms with Crippen LogP contribution in [0.5, 0.6) is 11.5 Å². The number of rotatable bonds is 7. The second-order valence-electron chi connectivity index (χ2n) is 6.31. The summed E-state index contributed by atoms with van der Waals surface area (Å²) in [5.74, 6) is 0.539. The molecule has 1 heterocycles. The molecule has 0 saturated heterocycles. The van der Waals surface area contributed by atoms with Crippen LogP contribution in [0.1, 0.15) is 23.2 Å². The van der Waals surface area contributed by atoms with Gasteiger partial charge < -0.3 is 9.47 Å². The summed E-state index contributed by atoms with van der Waals surface area (Å²) < 4.78 is 11.0. The molecule has 3 rings (SSSR count). The molecule has 0 unspecified atom stereocenters. The Morgan fingerprint density at radius 3 is 2.71 bits per heavy atom. The number of hydroxylamine groups is 1. The maximum atomic E-state index is 11.2. The van der Waals surface area contributed by atoms with Gasteiger partial charge >= 0.3 is 0 Å². The van der Waals surface area contributed by atoms with Gasteiger partial charge in [-0.15, -0.1) is 0 Å².